The molecule has 2 aromatic carbocycles. The van der Waals surface area contributed by atoms with Gasteiger partial charge in [0.2, 0.25) is 0 Å². The van der Waals surface area contributed by atoms with Gasteiger partial charge in [-0.05, 0) is 49.9 Å². The second-order valence-corrected chi connectivity index (χ2v) is 7.95. The molecule has 2 aliphatic rings. The van der Waals surface area contributed by atoms with E-state index in [2.05, 4.69) is 35.2 Å². The number of carbonyl (C=O) groups excluding carboxylic acids is 1. The van der Waals surface area contributed by atoms with Crippen LogP contribution in [-0.4, -0.2) is 49.9 Å². The summed E-state index contributed by atoms with van der Waals surface area (Å²) in [7, 11) is 1.63. The number of benzene rings is 2. The normalized spacial score (nSPS) is 22.5. The third-order valence-electron chi connectivity index (χ3n) is 6.05. The lowest BCUT2D eigenvalue weighted by atomic mass is 9.95. The Hall–Kier alpha value is -2.53. The molecule has 2 unspecified atom stereocenters. The highest BCUT2D eigenvalue weighted by Crippen LogP contribution is 2.32. The maximum absolute atomic E-state index is 12.4. The van der Waals surface area contributed by atoms with Crippen LogP contribution in [0.4, 0.5) is 10.5 Å². The van der Waals surface area contributed by atoms with Crippen molar-refractivity contribution >= 4 is 11.8 Å². The van der Waals surface area contributed by atoms with E-state index in [0.717, 1.165) is 31.6 Å². The van der Waals surface area contributed by atoms with E-state index >= 15 is 0 Å². The number of cyclic esters (lactones) is 1. The SMILES string of the molecule is COc1ccccc1N1CC(CCN2CCCCC2Cc2ccccc2)OC1=O. The van der Waals surface area contributed by atoms with Gasteiger partial charge in [-0.1, -0.05) is 48.9 Å². The van der Waals surface area contributed by atoms with E-state index in [9.17, 15) is 4.79 Å². The fourth-order valence-corrected chi connectivity index (χ4v) is 4.50. The first-order valence-electron chi connectivity index (χ1n) is 10.6. The van der Waals surface area contributed by atoms with Crippen LogP contribution in [-0.2, 0) is 11.2 Å². The van der Waals surface area contributed by atoms with Crippen LogP contribution >= 0.6 is 0 Å². The van der Waals surface area contributed by atoms with Gasteiger partial charge in [0.1, 0.15) is 11.9 Å². The number of ether oxygens (including phenoxy) is 2. The number of amides is 1. The topological polar surface area (TPSA) is 42.0 Å². The second kappa shape index (κ2) is 9.31. The molecule has 0 aliphatic carbocycles. The predicted octanol–water partition coefficient (Wildman–Crippen LogP) is 4.51. The summed E-state index contributed by atoms with van der Waals surface area (Å²) in [6.45, 7) is 2.68. The Balaban J connectivity index is 1.35. The minimum atomic E-state index is -0.279. The molecular weight excluding hydrogens is 364 g/mol. The van der Waals surface area contributed by atoms with Crippen molar-refractivity contribution in [1.82, 2.24) is 4.90 Å². The molecule has 0 saturated carbocycles. The molecule has 2 saturated heterocycles. The average Bonchev–Trinajstić information content (AvgIpc) is 3.14. The van der Waals surface area contributed by atoms with Crippen LogP contribution in [0.5, 0.6) is 5.75 Å². The maximum Gasteiger partial charge on any atom is 0.414 e. The monoisotopic (exact) mass is 394 g/mol. The van der Waals surface area contributed by atoms with Crippen LogP contribution in [0.15, 0.2) is 54.6 Å². The maximum atomic E-state index is 12.4. The number of likely N-dealkylation sites (tertiary alicyclic amines) is 1. The molecule has 154 valence electrons. The Kier molecular flexibility index (Phi) is 6.35. The zero-order valence-corrected chi connectivity index (χ0v) is 17.1. The highest BCUT2D eigenvalue weighted by molar-refractivity contribution is 5.91. The third kappa shape index (κ3) is 4.73. The molecule has 4 rings (SSSR count). The molecule has 2 fully saturated rings. The van der Waals surface area contributed by atoms with Crippen LogP contribution in [0, 0.1) is 0 Å². The average molecular weight is 395 g/mol. The molecule has 29 heavy (non-hydrogen) atoms. The van der Waals surface area contributed by atoms with Crippen LogP contribution in [0.1, 0.15) is 31.2 Å². The van der Waals surface area contributed by atoms with E-state index < -0.39 is 0 Å². The fourth-order valence-electron chi connectivity index (χ4n) is 4.50. The van der Waals surface area contributed by atoms with Crippen molar-refractivity contribution in [2.24, 2.45) is 0 Å². The summed E-state index contributed by atoms with van der Waals surface area (Å²) in [5.74, 6) is 0.698. The van der Waals surface area contributed by atoms with Gasteiger partial charge in [-0.25, -0.2) is 4.79 Å². The number of anilines is 1. The predicted molar refractivity (Wildman–Crippen MR) is 115 cm³/mol. The first-order chi connectivity index (χ1) is 14.2. The third-order valence-corrected chi connectivity index (χ3v) is 6.05. The summed E-state index contributed by atoms with van der Waals surface area (Å²) in [5, 5.41) is 0. The van der Waals surface area contributed by atoms with E-state index in [1.54, 1.807) is 12.0 Å². The number of piperidine rings is 1. The molecule has 2 atom stereocenters. The van der Waals surface area contributed by atoms with Gasteiger partial charge in [0.25, 0.3) is 0 Å². The lowest BCUT2D eigenvalue weighted by Crippen LogP contribution is -2.42. The number of rotatable bonds is 7. The van der Waals surface area contributed by atoms with Crippen molar-refractivity contribution in [3.63, 3.8) is 0 Å². The van der Waals surface area contributed by atoms with E-state index in [-0.39, 0.29) is 12.2 Å². The molecule has 0 N–H and O–H groups in total. The molecule has 2 aliphatic heterocycles. The Bertz CT molecular complexity index is 811. The molecule has 1 amide bonds. The van der Waals surface area contributed by atoms with E-state index in [1.807, 2.05) is 24.3 Å². The van der Waals surface area contributed by atoms with Gasteiger partial charge >= 0.3 is 6.09 Å². The van der Waals surface area contributed by atoms with Crippen molar-refractivity contribution in [2.75, 3.05) is 31.6 Å². The highest BCUT2D eigenvalue weighted by atomic mass is 16.6. The van der Waals surface area contributed by atoms with Crippen molar-refractivity contribution in [3.05, 3.63) is 60.2 Å². The van der Waals surface area contributed by atoms with Gasteiger partial charge in [-0.2, -0.15) is 0 Å². The van der Waals surface area contributed by atoms with Crippen LogP contribution < -0.4 is 9.64 Å². The Labute approximate surface area is 173 Å². The summed E-state index contributed by atoms with van der Waals surface area (Å²) in [6, 6.07) is 18.9. The number of hydrogen-bond donors (Lipinski definition) is 0. The lowest BCUT2D eigenvalue weighted by Gasteiger charge is -2.36. The second-order valence-electron chi connectivity index (χ2n) is 7.95. The fraction of sp³-hybridized carbons (Fsp3) is 0.458. The van der Waals surface area contributed by atoms with Gasteiger partial charge in [0.15, 0.2) is 0 Å². The van der Waals surface area contributed by atoms with Crippen molar-refractivity contribution in [2.45, 2.75) is 44.2 Å². The minimum Gasteiger partial charge on any atom is -0.495 e. The smallest absolute Gasteiger partial charge is 0.414 e. The molecule has 2 aromatic rings. The lowest BCUT2D eigenvalue weighted by molar-refractivity contribution is 0.102. The van der Waals surface area contributed by atoms with Gasteiger partial charge < -0.3 is 9.47 Å². The summed E-state index contributed by atoms with van der Waals surface area (Å²) in [6.07, 6.45) is 5.40. The zero-order valence-electron chi connectivity index (χ0n) is 17.1. The highest BCUT2D eigenvalue weighted by Gasteiger charge is 2.34. The van der Waals surface area contributed by atoms with Gasteiger partial charge in [0, 0.05) is 12.6 Å². The molecule has 0 aromatic heterocycles. The number of carbonyl (C=O) groups is 1. The van der Waals surface area contributed by atoms with Gasteiger partial charge in [-0.3, -0.25) is 9.80 Å². The first-order valence-corrected chi connectivity index (χ1v) is 10.6. The summed E-state index contributed by atoms with van der Waals surface area (Å²) < 4.78 is 11.1. The molecular formula is C24H30N2O3. The number of methoxy groups -OCH3 is 1. The molecule has 0 bridgehead atoms. The number of hydrogen-bond acceptors (Lipinski definition) is 4. The van der Waals surface area contributed by atoms with Crippen molar-refractivity contribution in [1.29, 1.82) is 0 Å². The Morgan fingerprint density at radius 2 is 1.86 bits per heavy atom. The molecule has 0 radical (unpaired) electrons. The van der Waals surface area contributed by atoms with E-state index in [0.29, 0.717) is 18.3 Å². The van der Waals surface area contributed by atoms with Crippen molar-refractivity contribution in [3.8, 4) is 5.75 Å². The van der Waals surface area contributed by atoms with Crippen molar-refractivity contribution < 1.29 is 14.3 Å². The quantitative estimate of drug-likeness (QED) is 0.693. The molecule has 0 spiro atoms. The van der Waals surface area contributed by atoms with Crippen LogP contribution in [0.25, 0.3) is 0 Å². The van der Waals surface area contributed by atoms with Crippen LogP contribution in [0.3, 0.4) is 0 Å². The minimum absolute atomic E-state index is 0.0771. The first kappa shape index (κ1) is 19.8. The summed E-state index contributed by atoms with van der Waals surface area (Å²) >= 11 is 0. The molecule has 5 heteroatoms. The molecule has 5 nitrogen and oxygen atoms in total. The van der Waals surface area contributed by atoms with E-state index in [4.69, 9.17) is 9.47 Å². The summed E-state index contributed by atoms with van der Waals surface area (Å²) in [5.41, 5.74) is 2.18. The zero-order chi connectivity index (χ0) is 20.1. The number of para-hydroxylation sites is 2. The standard InChI is InChI=1S/C24H30N2O3/c1-28-23-13-6-5-12-22(23)26-18-21(29-24(26)27)14-16-25-15-8-7-11-20(25)17-19-9-3-2-4-10-19/h2-6,9-10,12-13,20-21H,7-8,11,14-18H2,1H3. The van der Waals surface area contributed by atoms with Gasteiger partial charge in [0.05, 0.1) is 19.3 Å². The Morgan fingerprint density at radius 1 is 1.07 bits per heavy atom. The van der Waals surface area contributed by atoms with E-state index in [1.165, 1.54) is 24.8 Å². The largest absolute Gasteiger partial charge is 0.495 e. The number of nitrogens with zero attached hydrogens (tertiary/aromatic N) is 2. The molecule has 2 heterocycles. The van der Waals surface area contributed by atoms with Gasteiger partial charge in [-0.15, -0.1) is 0 Å². The Morgan fingerprint density at radius 3 is 2.69 bits per heavy atom. The van der Waals surface area contributed by atoms with Crippen LogP contribution in [0.2, 0.25) is 0 Å². The summed E-state index contributed by atoms with van der Waals surface area (Å²) in [4.78, 5) is 16.7.